The van der Waals surface area contributed by atoms with E-state index in [-0.39, 0.29) is 13.0 Å². The molecule has 1 rings (SSSR count). The minimum Gasteiger partial charge on any atom is -0.496 e. The maximum absolute atomic E-state index is 11.2. The van der Waals surface area contributed by atoms with Gasteiger partial charge in [-0.25, -0.2) is 0 Å². The number of rotatable bonds is 5. The lowest BCUT2D eigenvalue weighted by Crippen LogP contribution is -2.15. The zero-order valence-corrected chi connectivity index (χ0v) is 10.4. The van der Waals surface area contributed by atoms with Crippen LogP contribution in [0.2, 0.25) is 0 Å². The number of methoxy groups -OCH3 is 1. The zero-order valence-electron chi connectivity index (χ0n) is 10.4. The first kappa shape index (κ1) is 13.5. The highest BCUT2D eigenvalue weighted by Crippen LogP contribution is 2.33. The number of carboxylic acid groups (broad SMARTS) is 1. The van der Waals surface area contributed by atoms with E-state index in [4.69, 9.17) is 9.84 Å². The van der Waals surface area contributed by atoms with Gasteiger partial charge < -0.3 is 14.9 Å². The Kier molecular flexibility index (Phi) is 4.52. The summed E-state index contributed by atoms with van der Waals surface area (Å²) in [7, 11) is 1.53. The average molecular weight is 238 g/mol. The molecule has 1 unspecified atom stereocenters. The van der Waals surface area contributed by atoms with Crippen molar-refractivity contribution in [2.75, 3.05) is 13.7 Å². The van der Waals surface area contributed by atoms with Crippen LogP contribution in [0.5, 0.6) is 5.75 Å². The summed E-state index contributed by atoms with van der Waals surface area (Å²) in [6.45, 7) is 3.63. The highest BCUT2D eigenvalue weighted by atomic mass is 16.5. The highest BCUT2D eigenvalue weighted by Gasteiger charge is 2.24. The summed E-state index contributed by atoms with van der Waals surface area (Å²) in [4.78, 5) is 11.2. The van der Waals surface area contributed by atoms with E-state index >= 15 is 0 Å². The van der Waals surface area contributed by atoms with E-state index in [1.165, 1.54) is 7.11 Å². The second kappa shape index (κ2) is 5.68. The Balaban J connectivity index is 3.30. The summed E-state index contributed by atoms with van der Waals surface area (Å²) < 4.78 is 5.26. The van der Waals surface area contributed by atoms with Crippen molar-refractivity contribution in [3.05, 3.63) is 28.8 Å². The molecule has 1 aromatic carbocycles. The van der Waals surface area contributed by atoms with E-state index in [0.29, 0.717) is 11.3 Å². The molecule has 4 nitrogen and oxygen atoms in total. The average Bonchev–Trinajstić information content (AvgIpc) is 2.24. The Morgan fingerprint density at radius 3 is 2.53 bits per heavy atom. The fourth-order valence-electron chi connectivity index (χ4n) is 2.07. The maximum atomic E-state index is 11.2. The summed E-state index contributed by atoms with van der Waals surface area (Å²) in [6.07, 6.45) is 0.189. The summed E-state index contributed by atoms with van der Waals surface area (Å²) in [5, 5.41) is 18.1. The van der Waals surface area contributed by atoms with Crippen molar-refractivity contribution < 1.29 is 19.7 Å². The van der Waals surface area contributed by atoms with E-state index in [0.717, 1.165) is 11.1 Å². The molecule has 0 aliphatic rings. The van der Waals surface area contributed by atoms with Gasteiger partial charge in [-0.1, -0.05) is 17.7 Å². The molecule has 94 valence electrons. The van der Waals surface area contributed by atoms with Crippen LogP contribution in [-0.2, 0) is 4.79 Å². The van der Waals surface area contributed by atoms with Crippen molar-refractivity contribution >= 4 is 5.97 Å². The first-order chi connectivity index (χ1) is 8.01. The third-order valence-corrected chi connectivity index (χ3v) is 2.74. The number of hydrogen-bond donors (Lipinski definition) is 2. The van der Waals surface area contributed by atoms with Crippen molar-refractivity contribution in [2.24, 2.45) is 0 Å². The minimum absolute atomic E-state index is 0.160. The summed E-state index contributed by atoms with van der Waals surface area (Å²) >= 11 is 0. The van der Waals surface area contributed by atoms with Gasteiger partial charge in [-0.05, 0) is 25.8 Å². The van der Waals surface area contributed by atoms with E-state index in [9.17, 15) is 9.90 Å². The monoisotopic (exact) mass is 238 g/mol. The molecule has 0 aliphatic heterocycles. The summed E-state index contributed by atoms with van der Waals surface area (Å²) in [6, 6.07) is 3.75. The Bertz CT molecular complexity index is 412. The quantitative estimate of drug-likeness (QED) is 0.821. The van der Waals surface area contributed by atoms with Crippen molar-refractivity contribution in [3.8, 4) is 5.75 Å². The zero-order chi connectivity index (χ0) is 13.0. The molecule has 0 aromatic heterocycles. The number of hydrogen-bond acceptors (Lipinski definition) is 3. The van der Waals surface area contributed by atoms with Crippen molar-refractivity contribution in [1.82, 2.24) is 0 Å². The molecule has 0 spiro atoms. The number of ether oxygens (including phenoxy) is 1. The van der Waals surface area contributed by atoms with Gasteiger partial charge in [-0.2, -0.15) is 0 Å². The van der Waals surface area contributed by atoms with Gasteiger partial charge in [0.25, 0.3) is 0 Å². The molecule has 0 amide bonds. The largest absolute Gasteiger partial charge is 0.496 e. The predicted molar refractivity (Wildman–Crippen MR) is 64.5 cm³/mol. The smallest absolute Gasteiger partial charge is 0.311 e. The molecule has 0 radical (unpaired) electrons. The van der Waals surface area contributed by atoms with Crippen molar-refractivity contribution in [1.29, 1.82) is 0 Å². The van der Waals surface area contributed by atoms with Crippen LogP contribution in [0.15, 0.2) is 12.1 Å². The lowest BCUT2D eigenvalue weighted by molar-refractivity contribution is -0.139. The van der Waals surface area contributed by atoms with Gasteiger partial charge in [0.05, 0.1) is 13.0 Å². The molecule has 0 saturated carbocycles. The molecular weight excluding hydrogens is 220 g/mol. The van der Waals surface area contributed by atoms with E-state index in [2.05, 4.69) is 0 Å². The van der Waals surface area contributed by atoms with Gasteiger partial charge in [0.15, 0.2) is 0 Å². The Morgan fingerprint density at radius 1 is 1.41 bits per heavy atom. The van der Waals surface area contributed by atoms with Gasteiger partial charge in [0.2, 0.25) is 0 Å². The second-order valence-electron chi connectivity index (χ2n) is 4.11. The summed E-state index contributed by atoms with van der Waals surface area (Å²) in [5.41, 5.74) is 2.53. The Labute approximate surface area is 101 Å². The van der Waals surface area contributed by atoms with Crippen LogP contribution in [-0.4, -0.2) is 29.9 Å². The molecule has 0 heterocycles. The van der Waals surface area contributed by atoms with E-state index in [1.54, 1.807) is 6.07 Å². The van der Waals surface area contributed by atoms with E-state index in [1.807, 2.05) is 19.9 Å². The molecule has 0 bridgehead atoms. The van der Waals surface area contributed by atoms with Crippen LogP contribution in [0.3, 0.4) is 0 Å². The highest BCUT2D eigenvalue weighted by molar-refractivity contribution is 5.77. The van der Waals surface area contributed by atoms with Gasteiger partial charge >= 0.3 is 5.97 Å². The van der Waals surface area contributed by atoms with Gasteiger partial charge in [-0.3, -0.25) is 4.79 Å². The standard InChI is InChI=1S/C13H18O4/c1-8-6-9(2)12(17-3)11(7-8)10(4-5-14)13(15)16/h6-7,10,14H,4-5H2,1-3H3,(H,15,16). The number of aliphatic hydroxyl groups is 1. The maximum Gasteiger partial charge on any atom is 0.311 e. The number of aliphatic carboxylic acids is 1. The number of aryl methyl sites for hydroxylation is 2. The predicted octanol–water partition coefficient (Wildman–Crippen LogP) is 1.86. The van der Waals surface area contributed by atoms with Crippen LogP contribution in [0.1, 0.15) is 29.0 Å². The van der Waals surface area contributed by atoms with Crippen molar-refractivity contribution in [2.45, 2.75) is 26.2 Å². The van der Waals surface area contributed by atoms with E-state index < -0.39 is 11.9 Å². The Hall–Kier alpha value is -1.55. The SMILES string of the molecule is COc1c(C)cc(C)cc1C(CCO)C(=O)O. The van der Waals surface area contributed by atoms with Gasteiger partial charge in [-0.15, -0.1) is 0 Å². The van der Waals surface area contributed by atoms with Crippen molar-refractivity contribution in [3.63, 3.8) is 0 Å². The fraction of sp³-hybridized carbons (Fsp3) is 0.462. The second-order valence-corrected chi connectivity index (χ2v) is 4.11. The molecule has 1 atom stereocenters. The third-order valence-electron chi connectivity index (χ3n) is 2.74. The lowest BCUT2D eigenvalue weighted by atomic mass is 9.92. The third kappa shape index (κ3) is 2.97. The van der Waals surface area contributed by atoms with Crippen LogP contribution in [0.25, 0.3) is 0 Å². The molecule has 2 N–H and O–H groups in total. The van der Waals surface area contributed by atoms with Gasteiger partial charge in [0, 0.05) is 12.2 Å². The molecular formula is C13H18O4. The number of carboxylic acids is 1. The number of carbonyl (C=O) groups is 1. The number of aliphatic hydroxyl groups excluding tert-OH is 1. The normalized spacial score (nSPS) is 12.2. The lowest BCUT2D eigenvalue weighted by Gasteiger charge is -2.18. The number of benzene rings is 1. The van der Waals surface area contributed by atoms with Crippen LogP contribution >= 0.6 is 0 Å². The van der Waals surface area contributed by atoms with Crippen LogP contribution in [0.4, 0.5) is 0 Å². The van der Waals surface area contributed by atoms with Crippen LogP contribution < -0.4 is 4.74 Å². The fourth-order valence-corrected chi connectivity index (χ4v) is 2.07. The molecule has 4 heteroatoms. The molecule has 0 saturated heterocycles. The van der Waals surface area contributed by atoms with Gasteiger partial charge in [0.1, 0.15) is 5.75 Å². The topological polar surface area (TPSA) is 66.8 Å². The van der Waals surface area contributed by atoms with Crippen LogP contribution in [0, 0.1) is 13.8 Å². The first-order valence-corrected chi connectivity index (χ1v) is 5.50. The molecule has 1 aromatic rings. The summed E-state index contributed by atoms with van der Waals surface area (Å²) in [5.74, 6) is -1.08. The molecule has 0 aliphatic carbocycles. The molecule has 0 fully saturated rings. The molecule has 17 heavy (non-hydrogen) atoms. The minimum atomic E-state index is -0.942. The first-order valence-electron chi connectivity index (χ1n) is 5.50. The Morgan fingerprint density at radius 2 is 2.06 bits per heavy atom.